The number of benzene rings is 1. The van der Waals surface area contributed by atoms with Gasteiger partial charge < -0.3 is 4.98 Å². The predicted molar refractivity (Wildman–Crippen MR) is 73.2 cm³/mol. The molecule has 0 spiro atoms. The molecular weight excluding hydrogens is 279 g/mol. The van der Waals surface area contributed by atoms with E-state index >= 15 is 0 Å². The molecule has 0 radical (unpaired) electrons. The topological polar surface area (TPSA) is 24.5 Å². The summed E-state index contributed by atoms with van der Waals surface area (Å²) in [7, 11) is 0. The molecule has 1 aromatic heterocycles. The zero-order valence-electron chi connectivity index (χ0n) is 11.3. The molecule has 0 aliphatic heterocycles. The summed E-state index contributed by atoms with van der Waals surface area (Å²) in [4.78, 5) is 9.24. The Kier molecular flexibility index (Phi) is 3.49. The summed E-state index contributed by atoms with van der Waals surface area (Å²) in [5.74, 6) is 0. The molecule has 3 nitrogen and oxygen atoms in total. The Hall–Kier alpha value is -2.73. The van der Waals surface area contributed by atoms with Crippen LogP contribution in [0.5, 0.6) is 0 Å². The van der Waals surface area contributed by atoms with E-state index < -0.39 is 17.4 Å². The van der Waals surface area contributed by atoms with Gasteiger partial charge in [-0.3, -0.25) is 0 Å². The third kappa shape index (κ3) is 2.48. The van der Waals surface area contributed by atoms with Gasteiger partial charge >= 0.3 is 6.18 Å². The lowest BCUT2D eigenvalue weighted by molar-refractivity contribution is -0.136. The molecule has 0 bridgehead atoms. The zero-order valence-corrected chi connectivity index (χ0v) is 11.3. The molecule has 1 heterocycles. The van der Waals surface area contributed by atoms with Gasteiger partial charge in [0, 0.05) is 17.0 Å². The Balaban J connectivity index is 2.74. The van der Waals surface area contributed by atoms with Crippen LogP contribution in [0.4, 0.5) is 24.5 Å². The second kappa shape index (κ2) is 4.99. The summed E-state index contributed by atoms with van der Waals surface area (Å²) >= 11 is 0. The zero-order chi connectivity index (χ0) is 15.8. The molecule has 6 heteroatoms. The molecule has 0 aliphatic rings. The minimum Gasteiger partial charge on any atom is -0.373 e. The smallest absolute Gasteiger partial charge is 0.373 e. The first kappa shape index (κ1) is 14.7. The number of aromatic nitrogens is 1. The van der Waals surface area contributed by atoms with Crippen LogP contribution in [-0.4, -0.2) is 4.98 Å². The molecule has 2 aromatic rings. The number of alkyl halides is 3. The average Bonchev–Trinajstić information content (AvgIpc) is 2.71. The third-order valence-electron chi connectivity index (χ3n) is 3.16. The van der Waals surface area contributed by atoms with Gasteiger partial charge in [0.05, 0.1) is 18.7 Å². The fraction of sp³-hybridized carbons (Fsp3) is 0.200. The lowest BCUT2D eigenvalue weighted by atomic mass is 10.0. The van der Waals surface area contributed by atoms with Crippen LogP contribution in [-0.2, 0) is 6.18 Å². The minimum absolute atomic E-state index is 0.280. The minimum atomic E-state index is -4.60. The van der Waals surface area contributed by atoms with Crippen LogP contribution >= 0.6 is 0 Å². The number of nitrogens with one attached hydrogen (secondary N) is 1. The maximum absolute atomic E-state index is 13.0. The maximum Gasteiger partial charge on any atom is 0.407 e. The Morgan fingerprint density at radius 3 is 2.24 bits per heavy atom. The van der Waals surface area contributed by atoms with Gasteiger partial charge in [0.1, 0.15) is 0 Å². The molecule has 2 rings (SSSR count). The molecule has 0 saturated carbocycles. The molecule has 106 valence electrons. The summed E-state index contributed by atoms with van der Waals surface area (Å²) in [6, 6.07) is 3.51. The first-order valence-corrected chi connectivity index (χ1v) is 5.95. The monoisotopic (exact) mass is 289 g/mol. The first-order chi connectivity index (χ1) is 9.79. The predicted octanol–water partition coefficient (Wildman–Crippen LogP) is 5.42. The lowest BCUT2D eigenvalue weighted by Crippen LogP contribution is -2.05. The fourth-order valence-electron chi connectivity index (χ4n) is 2.28. The van der Waals surface area contributed by atoms with Crippen molar-refractivity contribution in [3.8, 4) is 11.1 Å². The van der Waals surface area contributed by atoms with Crippen LogP contribution in [0.1, 0.15) is 17.0 Å². The van der Waals surface area contributed by atoms with Gasteiger partial charge in [-0.2, -0.15) is 13.2 Å². The Morgan fingerprint density at radius 2 is 1.71 bits per heavy atom. The van der Waals surface area contributed by atoms with Crippen molar-refractivity contribution in [3.63, 3.8) is 0 Å². The van der Waals surface area contributed by atoms with Gasteiger partial charge in [-0.25, -0.2) is 9.69 Å². The second-order valence-electron chi connectivity index (χ2n) is 4.55. The average molecular weight is 289 g/mol. The van der Waals surface area contributed by atoms with Gasteiger partial charge in [0.2, 0.25) is 5.69 Å². The van der Waals surface area contributed by atoms with Crippen LogP contribution in [0.15, 0.2) is 18.2 Å². The van der Waals surface area contributed by atoms with Gasteiger partial charge in [0.25, 0.3) is 0 Å². The summed E-state index contributed by atoms with van der Waals surface area (Å²) in [6.07, 6.45) is -4.60. The number of aryl methyl sites for hydroxylation is 2. The highest BCUT2D eigenvalue weighted by Crippen LogP contribution is 2.42. The van der Waals surface area contributed by atoms with E-state index in [0.29, 0.717) is 22.6 Å². The van der Waals surface area contributed by atoms with Gasteiger partial charge in [-0.05, 0) is 19.4 Å². The molecule has 1 aromatic carbocycles. The van der Waals surface area contributed by atoms with Gasteiger partial charge in [-0.1, -0.05) is 18.2 Å². The molecule has 0 aliphatic carbocycles. The van der Waals surface area contributed by atoms with Crippen molar-refractivity contribution in [3.05, 3.63) is 58.0 Å². The van der Waals surface area contributed by atoms with Crippen LogP contribution in [0.3, 0.4) is 0 Å². The molecule has 0 atom stereocenters. The van der Waals surface area contributed by atoms with Crippen molar-refractivity contribution in [2.75, 3.05) is 0 Å². The standard InChI is InChI=1S/C15H10F3N3/c1-8-13(14(20-4)9(2)21-8)10-5-6-12(19-3)11(7-10)15(16,17)18/h5-7,21H,1-2H3. The molecule has 0 saturated heterocycles. The van der Waals surface area contributed by atoms with Crippen LogP contribution in [0.25, 0.3) is 20.8 Å². The quantitative estimate of drug-likeness (QED) is 0.678. The van der Waals surface area contributed by atoms with Crippen LogP contribution in [0.2, 0.25) is 0 Å². The largest absolute Gasteiger partial charge is 0.407 e. The lowest BCUT2D eigenvalue weighted by Gasteiger charge is -2.11. The third-order valence-corrected chi connectivity index (χ3v) is 3.16. The Bertz CT molecular complexity index is 786. The number of hydrogen-bond acceptors (Lipinski definition) is 0. The van der Waals surface area contributed by atoms with Crippen LogP contribution in [0, 0.1) is 27.0 Å². The van der Waals surface area contributed by atoms with Crippen molar-refractivity contribution in [1.82, 2.24) is 4.98 Å². The van der Waals surface area contributed by atoms with E-state index in [9.17, 15) is 13.2 Å². The van der Waals surface area contributed by atoms with Crippen molar-refractivity contribution in [2.24, 2.45) is 0 Å². The number of halogens is 3. The normalized spacial score (nSPS) is 11.0. The number of rotatable bonds is 1. The highest BCUT2D eigenvalue weighted by molar-refractivity contribution is 5.84. The van der Waals surface area contributed by atoms with E-state index in [1.54, 1.807) is 13.8 Å². The SMILES string of the molecule is [C-]#[N+]c1ccc(-c2c(C)[nH]c(C)c2[N+]#[C-])cc1C(F)(F)F. The van der Waals surface area contributed by atoms with Crippen molar-refractivity contribution in [2.45, 2.75) is 20.0 Å². The highest BCUT2D eigenvalue weighted by atomic mass is 19.4. The molecule has 0 unspecified atom stereocenters. The summed E-state index contributed by atoms with van der Waals surface area (Å²) < 4.78 is 39.0. The van der Waals surface area contributed by atoms with Crippen molar-refractivity contribution < 1.29 is 13.2 Å². The van der Waals surface area contributed by atoms with Crippen molar-refractivity contribution >= 4 is 11.4 Å². The van der Waals surface area contributed by atoms with Crippen molar-refractivity contribution in [1.29, 1.82) is 0 Å². The second-order valence-corrected chi connectivity index (χ2v) is 4.55. The molecule has 0 fully saturated rings. The van der Waals surface area contributed by atoms with E-state index in [-0.39, 0.29) is 5.56 Å². The molecule has 1 N–H and O–H groups in total. The van der Waals surface area contributed by atoms with Crippen LogP contribution < -0.4 is 0 Å². The Morgan fingerprint density at radius 1 is 1.05 bits per heavy atom. The highest BCUT2D eigenvalue weighted by Gasteiger charge is 2.34. The number of aromatic amines is 1. The Labute approximate surface area is 119 Å². The fourth-order valence-corrected chi connectivity index (χ4v) is 2.28. The van der Waals surface area contributed by atoms with E-state index in [1.165, 1.54) is 6.07 Å². The van der Waals surface area contributed by atoms with E-state index in [0.717, 1.165) is 12.1 Å². The van der Waals surface area contributed by atoms with E-state index in [1.807, 2.05) is 0 Å². The first-order valence-electron chi connectivity index (χ1n) is 5.95. The number of nitrogens with zero attached hydrogens (tertiary/aromatic N) is 2. The summed E-state index contributed by atoms with van der Waals surface area (Å²) in [5.41, 5.74) is 0.843. The van der Waals surface area contributed by atoms with E-state index in [2.05, 4.69) is 14.7 Å². The molecule has 0 amide bonds. The van der Waals surface area contributed by atoms with E-state index in [4.69, 9.17) is 13.1 Å². The number of H-pyrrole nitrogens is 1. The maximum atomic E-state index is 13.0. The van der Waals surface area contributed by atoms with Gasteiger partial charge in [0.15, 0.2) is 5.69 Å². The summed E-state index contributed by atoms with van der Waals surface area (Å²) in [5, 5.41) is 0. The summed E-state index contributed by atoms with van der Waals surface area (Å²) in [6.45, 7) is 17.4. The molecular formula is C15H10F3N3. The molecule has 21 heavy (non-hydrogen) atoms. The number of hydrogen-bond donors (Lipinski definition) is 1. The van der Waals surface area contributed by atoms with Gasteiger partial charge in [-0.15, -0.1) is 0 Å².